The third-order valence-electron chi connectivity index (χ3n) is 2.63. The van der Waals surface area contributed by atoms with Crippen molar-refractivity contribution in [3.63, 3.8) is 0 Å². The fraction of sp³-hybridized carbons (Fsp3) is 0.0769. The van der Waals surface area contributed by atoms with Gasteiger partial charge in [0.05, 0.1) is 0 Å². The van der Waals surface area contributed by atoms with Gasteiger partial charge < -0.3 is 5.32 Å². The van der Waals surface area contributed by atoms with Crippen LogP contribution in [-0.4, -0.2) is 19.3 Å². The molecule has 0 amide bonds. The Balaban J connectivity index is 1.93. The smallest absolute Gasteiger partial charge is 0.213 e. The molecule has 0 fully saturated rings. The van der Waals surface area contributed by atoms with Crippen molar-refractivity contribution < 1.29 is 0 Å². The molecule has 5 heteroatoms. The standard InChI is InChI=1S/C13H13N5/c1-17-9-7-12(16-17)15-13-14-8-10-18(13)11-5-3-2-4-6-11/h2-10H,1H3,(H,14,15,16). The van der Waals surface area contributed by atoms with Crippen molar-refractivity contribution in [2.45, 2.75) is 0 Å². The van der Waals surface area contributed by atoms with Crippen molar-refractivity contribution >= 4 is 11.8 Å². The molecule has 0 spiro atoms. The lowest BCUT2D eigenvalue weighted by molar-refractivity contribution is 0.770. The summed E-state index contributed by atoms with van der Waals surface area (Å²) in [7, 11) is 1.88. The summed E-state index contributed by atoms with van der Waals surface area (Å²) in [6.07, 6.45) is 5.57. The van der Waals surface area contributed by atoms with Crippen LogP contribution in [0.3, 0.4) is 0 Å². The first kappa shape index (κ1) is 10.6. The number of hydrogen-bond acceptors (Lipinski definition) is 3. The molecular formula is C13H13N5. The lowest BCUT2D eigenvalue weighted by atomic mass is 10.3. The van der Waals surface area contributed by atoms with Crippen LogP contribution in [0.15, 0.2) is 55.0 Å². The molecule has 0 atom stereocenters. The van der Waals surface area contributed by atoms with Crippen molar-refractivity contribution in [3.05, 3.63) is 55.0 Å². The number of nitrogens with one attached hydrogen (secondary N) is 1. The summed E-state index contributed by atoms with van der Waals surface area (Å²) in [6, 6.07) is 12.0. The Morgan fingerprint density at radius 1 is 1.06 bits per heavy atom. The van der Waals surface area contributed by atoms with Crippen LogP contribution in [0.4, 0.5) is 11.8 Å². The molecule has 5 nitrogen and oxygen atoms in total. The lowest BCUT2D eigenvalue weighted by Gasteiger charge is -2.07. The number of hydrogen-bond donors (Lipinski definition) is 1. The van der Waals surface area contributed by atoms with Crippen LogP contribution in [-0.2, 0) is 7.05 Å². The van der Waals surface area contributed by atoms with E-state index in [1.807, 2.05) is 60.4 Å². The van der Waals surface area contributed by atoms with Crippen LogP contribution >= 0.6 is 0 Å². The number of nitrogens with zero attached hydrogens (tertiary/aromatic N) is 4. The Morgan fingerprint density at radius 2 is 1.89 bits per heavy atom. The molecule has 0 aliphatic rings. The quantitative estimate of drug-likeness (QED) is 0.763. The highest BCUT2D eigenvalue weighted by Crippen LogP contribution is 2.17. The molecule has 0 aliphatic heterocycles. The summed E-state index contributed by atoms with van der Waals surface area (Å²) >= 11 is 0. The molecule has 1 aromatic carbocycles. The van der Waals surface area contributed by atoms with Gasteiger partial charge in [0.1, 0.15) is 0 Å². The highest BCUT2D eigenvalue weighted by molar-refractivity contribution is 5.51. The summed E-state index contributed by atoms with van der Waals surface area (Å²) in [5.74, 6) is 1.53. The zero-order chi connectivity index (χ0) is 12.4. The maximum absolute atomic E-state index is 4.30. The number of benzene rings is 1. The Kier molecular flexibility index (Phi) is 2.57. The third kappa shape index (κ3) is 1.98. The molecule has 3 aromatic rings. The van der Waals surface area contributed by atoms with Gasteiger partial charge in [-0.3, -0.25) is 9.25 Å². The van der Waals surface area contributed by atoms with Gasteiger partial charge in [0.25, 0.3) is 0 Å². The first-order valence-electron chi connectivity index (χ1n) is 5.68. The van der Waals surface area contributed by atoms with E-state index in [0.29, 0.717) is 0 Å². The molecule has 0 radical (unpaired) electrons. The zero-order valence-electron chi connectivity index (χ0n) is 9.99. The molecule has 2 heterocycles. The van der Waals surface area contributed by atoms with E-state index in [9.17, 15) is 0 Å². The predicted octanol–water partition coefficient (Wildman–Crippen LogP) is 2.35. The normalized spacial score (nSPS) is 10.5. The van der Waals surface area contributed by atoms with E-state index in [1.54, 1.807) is 10.9 Å². The first-order valence-corrected chi connectivity index (χ1v) is 5.68. The predicted molar refractivity (Wildman–Crippen MR) is 70.1 cm³/mol. The van der Waals surface area contributed by atoms with Gasteiger partial charge in [-0.15, -0.1) is 0 Å². The van der Waals surface area contributed by atoms with E-state index in [0.717, 1.165) is 17.5 Å². The monoisotopic (exact) mass is 239 g/mol. The average molecular weight is 239 g/mol. The topological polar surface area (TPSA) is 47.7 Å². The molecule has 0 saturated heterocycles. The Hall–Kier alpha value is -2.56. The molecule has 2 aromatic heterocycles. The second kappa shape index (κ2) is 4.37. The van der Waals surface area contributed by atoms with Crippen molar-refractivity contribution in [2.24, 2.45) is 7.05 Å². The van der Waals surface area contributed by atoms with Gasteiger partial charge in [0.2, 0.25) is 5.95 Å². The van der Waals surface area contributed by atoms with Gasteiger partial charge in [-0.25, -0.2) is 4.98 Å². The van der Waals surface area contributed by atoms with Crippen LogP contribution in [0, 0.1) is 0 Å². The summed E-state index contributed by atoms with van der Waals surface area (Å²) in [4.78, 5) is 4.30. The number of aromatic nitrogens is 4. The number of aryl methyl sites for hydroxylation is 1. The van der Waals surface area contributed by atoms with Crippen LogP contribution in [0.2, 0.25) is 0 Å². The Labute approximate surface area is 105 Å². The SMILES string of the molecule is Cn1ccc(Nc2nccn2-c2ccccc2)n1. The molecular weight excluding hydrogens is 226 g/mol. The van der Waals surface area contributed by atoms with Crippen LogP contribution < -0.4 is 5.32 Å². The maximum atomic E-state index is 4.30. The van der Waals surface area contributed by atoms with Crippen LogP contribution in [0.5, 0.6) is 0 Å². The average Bonchev–Trinajstić information content (AvgIpc) is 3.00. The maximum Gasteiger partial charge on any atom is 0.213 e. The second-order valence-electron chi connectivity index (χ2n) is 3.96. The van der Waals surface area contributed by atoms with E-state index < -0.39 is 0 Å². The van der Waals surface area contributed by atoms with Crippen molar-refractivity contribution in [3.8, 4) is 5.69 Å². The van der Waals surface area contributed by atoms with Gasteiger partial charge in [-0.1, -0.05) is 18.2 Å². The van der Waals surface area contributed by atoms with E-state index >= 15 is 0 Å². The first-order chi connectivity index (χ1) is 8.83. The molecule has 0 unspecified atom stereocenters. The molecule has 0 bridgehead atoms. The van der Waals surface area contributed by atoms with Crippen molar-refractivity contribution in [1.29, 1.82) is 0 Å². The van der Waals surface area contributed by atoms with Gasteiger partial charge in [0, 0.05) is 37.4 Å². The highest BCUT2D eigenvalue weighted by atomic mass is 15.3. The Bertz CT molecular complexity index is 638. The van der Waals surface area contributed by atoms with Crippen LogP contribution in [0.1, 0.15) is 0 Å². The molecule has 0 saturated carbocycles. The van der Waals surface area contributed by atoms with Crippen LogP contribution in [0.25, 0.3) is 5.69 Å². The van der Waals surface area contributed by atoms with Gasteiger partial charge >= 0.3 is 0 Å². The summed E-state index contributed by atoms with van der Waals surface area (Å²) < 4.78 is 3.73. The van der Waals surface area contributed by atoms with Gasteiger partial charge in [0.15, 0.2) is 5.82 Å². The number of anilines is 2. The number of imidazole rings is 1. The highest BCUT2D eigenvalue weighted by Gasteiger charge is 2.05. The van der Waals surface area contributed by atoms with Crippen molar-refractivity contribution in [1.82, 2.24) is 19.3 Å². The fourth-order valence-corrected chi connectivity index (χ4v) is 1.79. The van der Waals surface area contributed by atoms with E-state index in [4.69, 9.17) is 0 Å². The molecule has 0 aliphatic carbocycles. The second-order valence-corrected chi connectivity index (χ2v) is 3.96. The minimum Gasteiger partial charge on any atom is -0.308 e. The summed E-state index contributed by atoms with van der Waals surface area (Å²) in [6.45, 7) is 0. The zero-order valence-corrected chi connectivity index (χ0v) is 9.99. The van der Waals surface area contributed by atoms with E-state index in [-0.39, 0.29) is 0 Å². The minimum absolute atomic E-state index is 0.750. The van der Waals surface area contributed by atoms with E-state index in [1.165, 1.54) is 0 Å². The molecule has 18 heavy (non-hydrogen) atoms. The minimum atomic E-state index is 0.750. The summed E-state index contributed by atoms with van der Waals surface area (Å²) in [5, 5.41) is 7.46. The number of rotatable bonds is 3. The van der Waals surface area contributed by atoms with Crippen molar-refractivity contribution in [2.75, 3.05) is 5.32 Å². The molecule has 1 N–H and O–H groups in total. The molecule has 90 valence electrons. The summed E-state index contributed by atoms with van der Waals surface area (Å²) in [5.41, 5.74) is 1.06. The Morgan fingerprint density at radius 3 is 2.61 bits per heavy atom. The third-order valence-corrected chi connectivity index (χ3v) is 2.63. The lowest BCUT2D eigenvalue weighted by Crippen LogP contribution is -2.01. The van der Waals surface area contributed by atoms with Gasteiger partial charge in [-0.05, 0) is 12.1 Å². The fourth-order valence-electron chi connectivity index (χ4n) is 1.79. The molecule has 3 rings (SSSR count). The van der Waals surface area contributed by atoms with E-state index in [2.05, 4.69) is 15.4 Å². The van der Waals surface area contributed by atoms with Gasteiger partial charge in [-0.2, -0.15) is 5.10 Å². The largest absolute Gasteiger partial charge is 0.308 e. The number of para-hydroxylation sites is 1.